The highest BCUT2D eigenvalue weighted by molar-refractivity contribution is 7.16. The fraction of sp³-hybridized carbons (Fsp3) is 0.333. The minimum absolute atomic E-state index is 0.221. The maximum absolute atomic E-state index is 11.7. The molecule has 1 atom stereocenters. The molecule has 0 radical (unpaired) electrons. The highest BCUT2D eigenvalue weighted by atomic mass is 32.1. The molecule has 1 aromatic heterocycles. The van der Waals surface area contributed by atoms with Gasteiger partial charge < -0.3 is 11.5 Å². The predicted molar refractivity (Wildman–Crippen MR) is 98.9 cm³/mol. The molecule has 0 saturated carbocycles. The van der Waals surface area contributed by atoms with Gasteiger partial charge in [-0.15, -0.1) is 11.3 Å². The van der Waals surface area contributed by atoms with Crippen molar-refractivity contribution >= 4 is 33.6 Å². The van der Waals surface area contributed by atoms with Crippen LogP contribution in [-0.4, -0.2) is 18.2 Å². The third-order valence-corrected chi connectivity index (χ3v) is 6.09. The van der Waals surface area contributed by atoms with Gasteiger partial charge in [0.25, 0.3) is 5.91 Å². The smallest absolute Gasteiger partial charge is 0.251 e. The second-order valence-electron chi connectivity index (χ2n) is 6.26. The summed E-state index contributed by atoms with van der Waals surface area (Å²) in [6, 6.07) is 8.39. The molecule has 1 amide bonds. The number of nitrogens with zero attached hydrogens (tertiary/aromatic N) is 2. The molecule has 5 nitrogen and oxygen atoms in total. The second kappa shape index (κ2) is 5.63. The number of benzene rings is 1. The molecule has 0 saturated heterocycles. The summed E-state index contributed by atoms with van der Waals surface area (Å²) in [5.74, 6) is -0.198. The van der Waals surface area contributed by atoms with E-state index in [1.165, 1.54) is 33.2 Å². The number of rotatable bonds is 3. The molecule has 1 unspecified atom stereocenters. The van der Waals surface area contributed by atoms with Crippen molar-refractivity contribution in [2.45, 2.75) is 32.1 Å². The number of carbonyl (C=O) groups excluding carboxylic acids is 1. The molecule has 4 N–H and O–H groups in total. The fourth-order valence-corrected chi connectivity index (χ4v) is 5.01. The first kappa shape index (κ1) is 15.2. The first-order valence-corrected chi connectivity index (χ1v) is 9.05. The Morgan fingerprint density at radius 3 is 2.92 bits per heavy atom. The number of nitrogen functional groups attached to an aromatic ring is 1. The first-order valence-electron chi connectivity index (χ1n) is 8.23. The Morgan fingerprint density at radius 2 is 2.17 bits per heavy atom. The summed E-state index contributed by atoms with van der Waals surface area (Å²) in [4.78, 5) is 12.9. The number of amides is 1. The van der Waals surface area contributed by atoms with Gasteiger partial charge in [-0.25, -0.2) is 0 Å². The van der Waals surface area contributed by atoms with Gasteiger partial charge in [-0.1, -0.05) is 25.1 Å². The van der Waals surface area contributed by atoms with Gasteiger partial charge >= 0.3 is 0 Å². The van der Waals surface area contributed by atoms with Gasteiger partial charge in [-0.05, 0) is 36.5 Å². The number of hydrogen-bond donors (Lipinski definition) is 2. The topological polar surface area (TPSA) is 84.7 Å². The molecular weight excluding hydrogens is 320 g/mol. The minimum atomic E-state index is -0.420. The summed E-state index contributed by atoms with van der Waals surface area (Å²) in [6.45, 7) is 2.96. The fourth-order valence-electron chi connectivity index (χ4n) is 3.77. The maximum Gasteiger partial charge on any atom is 0.251 e. The van der Waals surface area contributed by atoms with E-state index >= 15 is 0 Å². The highest BCUT2D eigenvalue weighted by Crippen LogP contribution is 2.44. The number of fused-ring (bicyclic) bond motifs is 3. The van der Waals surface area contributed by atoms with Crippen LogP contribution in [0.4, 0.5) is 10.7 Å². The molecule has 24 heavy (non-hydrogen) atoms. The lowest BCUT2D eigenvalue weighted by Crippen LogP contribution is -2.23. The Labute approximate surface area is 145 Å². The zero-order chi connectivity index (χ0) is 16.8. The van der Waals surface area contributed by atoms with Gasteiger partial charge in [0, 0.05) is 10.6 Å². The van der Waals surface area contributed by atoms with Crippen LogP contribution in [0.2, 0.25) is 0 Å². The van der Waals surface area contributed by atoms with Crippen LogP contribution >= 0.6 is 11.3 Å². The van der Waals surface area contributed by atoms with Crippen LogP contribution < -0.4 is 16.5 Å². The molecule has 0 bridgehead atoms. The molecule has 2 aromatic rings. The molecule has 1 aliphatic carbocycles. The Hall–Kier alpha value is -2.34. The normalized spacial score (nSPS) is 19.0. The van der Waals surface area contributed by atoms with Crippen molar-refractivity contribution in [1.29, 1.82) is 0 Å². The summed E-state index contributed by atoms with van der Waals surface area (Å²) in [5.41, 5.74) is 16.8. The Balaban J connectivity index is 1.72. The molecule has 0 spiro atoms. The predicted octanol–water partition coefficient (Wildman–Crippen LogP) is 2.90. The molecule has 6 heteroatoms. The molecule has 0 fully saturated rings. The highest BCUT2D eigenvalue weighted by Gasteiger charge is 2.37. The average Bonchev–Trinajstić information content (AvgIpc) is 3.14. The van der Waals surface area contributed by atoms with Crippen LogP contribution in [0.15, 0.2) is 29.4 Å². The Morgan fingerprint density at radius 1 is 1.38 bits per heavy atom. The summed E-state index contributed by atoms with van der Waals surface area (Å²) >= 11 is 1.50. The van der Waals surface area contributed by atoms with E-state index in [0.717, 1.165) is 31.4 Å². The lowest BCUT2D eigenvalue weighted by Gasteiger charge is -2.21. The third-order valence-electron chi connectivity index (χ3n) is 4.92. The van der Waals surface area contributed by atoms with E-state index in [4.69, 9.17) is 16.6 Å². The van der Waals surface area contributed by atoms with Gasteiger partial charge in [0.15, 0.2) is 0 Å². The number of anilines is 2. The molecule has 124 valence electrons. The number of hydrogen-bond acceptors (Lipinski definition) is 5. The van der Waals surface area contributed by atoms with Crippen LogP contribution in [0.1, 0.15) is 45.6 Å². The monoisotopic (exact) mass is 340 g/mol. The van der Waals surface area contributed by atoms with Crippen molar-refractivity contribution in [3.05, 3.63) is 45.8 Å². The quantitative estimate of drug-likeness (QED) is 0.901. The number of nitrogens with two attached hydrogens (primary N) is 2. The summed E-state index contributed by atoms with van der Waals surface area (Å²) in [7, 11) is 0. The van der Waals surface area contributed by atoms with E-state index in [1.807, 2.05) is 0 Å². The first-order chi connectivity index (χ1) is 11.6. The van der Waals surface area contributed by atoms with Crippen LogP contribution in [0, 0.1) is 0 Å². The van der Waals surface area contributed by atoms with Crippen molar-refractivity contribution in [2.24, 2.45) is 10.8 Å². The standard InChI is InChI=1S/C18H20N4OS/c1-2-10-5-3-4-6-14(10)22-9-12-13(21-22)8-7-11-15(17(19)23)18(20)24-16(11)12/h3-6,12H,2,7-9,20H2,1H3,(H2,19,23). The minimum Gasteiger partial charge on any atom is -0.390 e. The largest absolute Gasteiger partial charge is 0.390 e. The number of para-hydroxylation sites is 1. The molecule has 2 aliphatic rings. The van der Waals surface area contributed by atoms with Gasteiger partial charge in [-0.3, -0.25) is 9.80 Å². The second-order valence-corrected chi connectivity index (χ2v) is 7.34. The van der Waals surface area contributed by atoms with Gasteiger partial charge in [0.2, 0.25) is 0 Å². The van der Waals surface area contributed by atoms with E-state index in [9.17, 15) is 4.79 Å². The van der Waals surface area contributed by atoms with E-state index in [1.54, 1.807) is 0 Å². The Bertz CT molecular complexity index is 855. The SMILES string of the molecule is CCc1ccccc1N1CC2C(=N1)CCc1c2sc(N)c1C(N)=O. The number of aryl methyl sites for hydroxylation is 1. The van der Waals surface area contributed by atoms with E-state index in [0.29, 0.717) is 10.6 Å². The van der Waals surface area contributed by atoms with Crippen molar-refractivity contribution in [3.8, 4) is 0 Å². The molecule has 1 aromatic carbocycles. The zero-order valence-corrected chi connectivity index (χ0v) is 14.4. The van der Waals surface area contributed by atoms with Crippen LogP contribution in [0.5, 0.6) is 0 Å². The van der Waals surface area contributed by atoms with Crippen molar-refractivity contribution in [1.82, 2.24) is 0 Å². The molecule has 1 aliphatic heterocycles. The van der Waals surface area contributed by atoms with Crippen molar-refractivity contribution in [2.75, 3.05) is 17.3 Å². The number of thiophene rings is 1. The molecule has 2 heterocycles. The maximum atomic E-state index is 11.7. The van der Waals surface area contributed by atoms with Gasteiger partial charge in [0.05, 0.1) is 28.7 Å². The number of carbonyl (C=O) groups is 1. The lowest BCUT2D eigenvalue weighted by atomic mass is 9.86. The van der Waals surface area contributed by atoms with E-state index in [2.05, 4.69) is 36.2 Å². The van der Waals surface area contributed by atoms with Gasteiger partial charge in [0.1, 0.15) is 0 Å². The van der Waals surface area contributed by atoms with Gasteiger partial charge in [-0.2, -0.15) is 5.10 Å². The van der Waals surface area contributed by atoms with Crippen LogP contribution in [0.3, 0.4) is 0 Å². The summed E-state index contributed by atoms with van der Waals surface area (Å²) in [5, 5.41) is 7.52. The van der Waals surface area contributed by atoms with Crippen molar-refractivity contribution < 1.29 is 4.79 Å². The number of primary amides is 1. The third kappa shape index (κ3) is 2.21. The molecule has 4 rings (SSSR count). The van der Waals surface area contributed by atoms with E-state index in [-0.39, 0.29) is 5.92 Å². The number of hydrazone groups is 1. The van der Waals surface area contributed by atoms with E-state index < -0.39 is 5.91 Å². The summed E-state index contributed by atoms with van der Waals surface area (Å²) < 4.78 is 0. The summed E-state index contributed by atoms with van der Waals surface area (Å²) in [6.07, 6.45) is 2.63. The van der Waals surface area contributed by atoms with Crippen LogP contribution in [-0.2, 0) is 12.8 Å². The van der Waals surface area contributed by atoms with Crippen molar-refractivity contribution in [3.63, 3.8) is 0 Å². The average molecular weight is 340 g/mol. The zero-order valence-electron chi connectivity index (χ0n) is 13.6. The Kier molecular flexibility index (Phi) is 3.57. The molecular formula is C18H20N4OS. The van der Waals surface area contributed by atoms with Crippen LogP contribution in [0.25, 0.3) is 0 Å². The lowest BCUT2D eigenvalue weighted by molar-refractivity contribution is 0.100.